The van der Waals surface area contributed by atoms with Gasteiger partial charge in [0.2, 0.25) is 5.91 Å². The Balaban J connectivity index is 2.03. The van der Waals surface area contributed by atoms with Crippen LogP contribution in [0.4, 0.5) is 0 Å². The minimum absolute atomic E-state index is 0.148. The Morgan fingerprint density at radius 1 is 1.53 bits per heavy atom. The molecule has 1 aliphatic heterocycles. The molecule has 1 heterocycles. The maximum absolute atomic E-state index is 12.4. The van der Waals surface area contributed by atoms with E-state index in [2.05, 4.69) is 31.0 Å². The topological polar surface area (TPSA) is 32.3 Å². The van der Waals surface area contributed by atoms with Crippen LogP contribution in [0.5, 0.6) is 0 Å². The second kappa shape index (κ2) is 5.19. The molecule has 0 aromatic carbocycles. The van der Waals surface area contributed by atoms with Gasteiger partial charge >= 0.3 is 0 Å². The van der Waals surface area contributed by atoms with Crippen LogP contribution < -0.4 is 5.32 Å². The van der Waals surface area contributed by atoms with Crippen LogP contribution in [-0.4, -0.2) is 40.1 Å². The molecule has 0 bridgehead atoms. The van der Waals surface area contributed by atoms with Crippen LogP contribution in [0.25, 0.3) is 0 Å². The monoisotopic (exact) mass is 256 g/mol. The van der Waals surface area contributed by atoms with Gasteiger partial charge in [0.1, 0.15) is 0 Å². The highest BCUT2D eigenvalue weighted by molar-refractivity contribution is 7.99. The van der Waals surface area contributed by atoms with Crippen LogP contribution in [0.2, 0.25) is 0 Å². The van der Waals surface area contributed by atoms with Gasteiger partial charge in [0, 0.05) is 11.8 Å². The molecule has 17 heavy (non-hydrogen) atoms. The van der Waals surface area contributed by atoms with Gasteiger partial charge in [-0.2, -0.15) is 11.8 Å². The summed E-state index contributed by atoms with van der Waals surface area (Å²) in [6, 6.07) is 0.358. The van der Waals surface area contributed by atoms with Gasteiger partial charge in [-0.15, -0.1) is 0 Å². The van der Waals surface area contributed by atoms with Gasteiger partial charge in [-0.1, -0.05) is 20.3 Å². The lowest BCUT2D eigenvalue weighted by Gasteiger charge is -2.30. The summed E-state index contributed by atoms with van der Waals surface area (Å²) in [5.74, 6) is 2.55. The molecule has 4 heteroatoms. The Kier molecular flexibility index (Phi) is 4.03. The highest BCUT2D eigenvalue weighted by atomic mass is 32.2. The number of thioether (sulfide) groups is 1. The third kappa shape index (κ3) is 2.48. The van der Waals surface area contributed by atoms with Gasteiger partial charge in [0.15, 0.2) is 0 Å². The van der Waals surface area contributed by atoms with E-state index >= 15 is 0 Å². The summed E-state index contributed by atoms with van der Waals surface area (Å²) in [6.07, 6.45) is 4.56. The SMILES string of the molecule is CCCC1NC2(CC2)C(=O)N1C(C)CSCC. The Bertz CT molecular complexity index is 291. The van der Waals surface area contributed by atoms with Crippen molar-refractivity contribution in [3.8, 4) is 0 Å². The predicted molar refractivity (Wildman–Crippen MR) is 73.1 cm³/mol. The van der Waals surface area contributed by atoms with E-state index in [0.29, 0.717) is 11.9 Å². The fourth-order valence-electron chi connectivity index (χ4n) is 2.68. The molecule has 1 N–H and O–H groups in total. The Labute approximate surface area is 109 Å². The van der Waals surface area contributed by atoms with Gasteiger partial charge in [-0.3, -0.25) is 10.1 Å². The normalized spacial score (nSPS) is 27.8. The van der Waals surface area contributed by atoms with Gasteiger partial charge in [0.05, 0.1) is 11.7 Å². The molecule has 2 unspecified atom stereocenters. The van der Waals surface area contributed by atoms with Crippen molar-refractivity contribution in [3.05, 3.63) is 0 Å². The van der Waals surface area contributed by atoms with Crippen LogP contribution in [0.1, 0.15) is 46.5 Å². The fourth-order valence-corrected chi connectivity index (χ4v) is 3.42. The van der Waals surface area contributed by atoms with E-state index in [0.717, 1.165) is 37.2 Å². The van der Waals surface area contributed by atoms with Crippen molar-refractivity contribution in [2.75, 3.05) is 11.5 Å². The summed E-state index contributed by atoms with van der Waals surface area (Å²) in [4.78, 5) is 14.6. The van der Waals surface area contributed by atoms with Crippen LogP contribution in [0, 0.1) is 0 Å². The quantitative estimate of drug-likeness (QED) is 0.791. The molecule has 1 spiro atoms. The number of nitrogens with zero attached hydrogens (tertiary/aromatic N) is 1. The van der Waals surface area contributed by atoms with Gasteiger partial charge in [-0.05, 0) is 31.9 Å². The van der Waals surface area contributed by atoms with Crippen molar-refractivity contribution in [1.82, 2.24) is 10.2 Å². The lowest BCUT2D eigenvalue weighted by atomic mass is 10.2. The predicted octanol–water partition coefficient (Wildman–Crippen LogP) is 2.22. The molecule has 0 aromatic heterocycles. The first-order valence-electron chi connectivity index (χ1n) is 6.83. The second-order valence-electron chi connectivity index (χ2n) is 5.25. The molecule has 2 rings (SSSR count). The van der Waals surface area contributed by atoms with Crippen molar-refractivity contribution in [2.24, 2.45) is 0 Å². The Morgan fingerprint density at radius 2 is 2.24 bits per heavy atom. The largest absolute Gasteiger partial charge is 0.322 e. The molecule has 0 aromatic rings. The Hall–Kier alpha value is -0.220. The number of amides is 1. The first kappa shape index (κ1) is 13.2. The van der Waals surface area contributed by atoms with E-state index in [1.165, 1.54) is 0 Å². The summed E-state index contributed by atoms with van der Waals surface area (Å²) < 4.78 is 0. The van der Waals surface area contributed by atoms with Crippen LogP contribution in [0.3, 0.4) is 0 Å². The summed E-state index contributed by atoms with van der Waals surface area (Å²) in [6.45, 7) is 6.55. The van der Waals surface area contributed by atoms with Crippen molar-refractivity contribution in [2.45, 2.75) is 64.2 Å². The fraction of sp³-hybridized carbons (Fsp3) is 0.923. The second-order valence-corrected chi connectivity index (χ2v) is 6.57. The van der Waals surface area contributed by atoms with Crippen LogP contribution >= 0.6 is 11.8 Å². The van der Waals surface area contributed by atoms with Crippen molar-refractivity contribution < 1.29 is 4.79 Å². The van der Waals surface area contributed by atoms with Crippen molar-refractivity contribution >= 4 is 17.7 Å². The number of hydrogen-bond acceptors (Lipinski definition) is 3. The van der Waals surface area contributed by atoms with Gasteiger partial charge in [0.25, 0.3) is 0 Å². The minimum atomic E-state index is -0.148. The molecular weight excluding hydrogens is 232 g/mol. The first-order chi connectivity index (χ1) is 8.14. The highest BCUT2D eigenvalue weighted by Gasteiger charge is 2.59. The van der Waals surface area contributed by atoms with Crippen molar-refractivity contribution in [3.63, 3.8) is 0 Å². The number of hydrogen-bond donors (Lipinski definition) is 1. The summed E-state index contributed by atoms with van der Waals surface area (Å²) in [5, 5.41) is 3.57. The number of carbonyl (C=O) groups is 1. The number of rotatable bonds is 6. The maximum atomic E-state index is 12.4. The zero-order valence-corrected chi connectivity index (χ0v) is 12.0. The molecule has 98 valence electrons. The van der Waals surface area contributed by atoms with E-state index in [9.17, 15) is 4.79 Å². The van der Waals surface area contributed by atoms with E-state index < -0.39 is 0 Å². The van der Waals surface area contributed by atoms with E-state index in [-0.39, 0.29) is 11.7 Å². The summed E-state index contributed by atoms with van der Waals surface area (Å²) >= 11 is 1.92. The minimum Gasteiger partial charge on any atom is -0.322 e. The summed E-state index contributed by atoms with van der Waals surface area (Å²) in [5.41, 5.74) is -0.148. The zero-order valence-electron chi connectivity index (χ0n) is 11.2. The van der Waals surface area contributed by atoms with Gasteiger partial charge in [-0.25, -0.2) is 0 Å². The van der Waals surface area contributed by atoms with Gasteiger partial charge < -0.3 is 4.90 Å². The smallest absolute Gasteiger partial charge is 0.244 e. The zero-order chi connectivity index (χ0) is 12.5. The lowest BCUT2D eigenvalue weighted by Crippen LogP contribution is -2.44. The Morgan fingerprint density at radius 3 is 2.76 bits per heavy atom. The average Bonchev–Trinajstić information content (AvgIpc) is 3.02. The van der Waals surface area contributed by atoms with E-state index in [1.807, 2.05) is 11.8 Å². The molecule has 0 radical (unpaired) electrons. The number of carbonyl (C=O) groups excluding carboxylic acids is 1. The van der Waals surface area contributed by atoms with Crippen LogP contribution in [0.15, 0.2) is 0 Å². The molecule has 2 atom stereocenters. The summed E-state index contributed by atoms with van der Waals surface area (Å²) in [7, 11) is 0. The molecule has 1 amide bonds. The average molecular weight is 256 g/mol. The van der Waals surface area contributed by atoms with Crippen molar-refractivity contribution in [1.29, 1.82) is 0 Å². The molecule has 3 nitrogen and oxygen atoms in total. The van der Waals surface area contributed by atoms with E-state index in [4.69, 9.17) is 0 Å². The maximum Gasteiger partial charge on any atom is 0.244 e. The molecule has 2 aliphatic rings. The molecule has 1 aliphatic carbocycles. The number of nitrogens with one attached hydrogen (secondary N) is 1. The lowest BCUT2D eigenvalue weighted by molar-refractivity contribution is -0.132. The first-order valence-corrected chi connectivity index (χ1v) is 7.98. The highest BCUT2D eigenvalue weighted by Crippen LogP contribution is 2.43. The third-order valence-corrected chi connectivity index (χ3v) is 4.90. The molecule has 1 saturated heterocycles. The third-order valence-electron chi connectivity index (χ3n) is 3.77. The molecular formula is C13H24N2OS. The molecule has 1 saturated carbocycles. The molecule has 2 fully saturated rings. The standard InChI is InChI=1S/C13H24N2OS/c1-4-6-11-14-13(7-8-13)12(16)15(11)10(3)9-17-5-2/h10-11,14H,4-9H2,1-3H3. The van der Waals surface area contributed by atoms with Crippen LogP contribution in [-0.2, 0) is 4.79 Å². The van der Waals surface area contributed by atoms with E-state index in [1.54, 1.807) is 0 Å².